The van der Waals surface area contributed by atoms with Crippen molar-refractivity contribution < 1.29 is 9.18 Å². The number of anilines is 1. The van der Waals surface area contributed by atoms with Crippen LogP contribution >= 0.6 is 0 Å². The van der Waals surface area contributed by atoms with E-state index in [2.05, 4.69) is 29.2 Å². The SMILES string of the molecule is CCCC(=O)N(c1ccc(C)c(F)c1)C1CCN(Cc2ccccc2)CC1. The summed E-state index contributed by atoms with van der Waals surface area (Å²) < 4.78 is 14.1. The first-order valence-corrected chi connectivity index (χ1v) is 9.93. The van der Waals surface area contributed by atoms with E-state index in [1.807, 2.05) is 24.0 Å². The van der Waals surface area contributed by atoms with Gasteiger partial charge in [-0.25, -0.2) is 4.39 Å². The summed E-state index contributed by atoms with van der Waals surface area (Å²) in [4.78, 5) is 17.1. The Morgan fingerprint density at radius 3 is 2.48 bits per heavy atom. The summed E-state index contributed by atoms with van der Waals surface area (Å²) in [5.41, 5.74) is 2.62. The second-order valence-electron chi connectivity index (χ2n) is 7.44. The van der Waals surface area contributed by atoms with Crippen LogP contribution in [0.4, 0.5) is 10.1 Å². The molecule has 3 rings (SSSR count). The molecule has 0 spiro atoms. The number of aryl methyl sites for hydroxylation is 1. The molecule has 1 aliphatic rings. The average molecular weight is 368 g/mol. The molecule has 144 valence electrons. The zero-order chi connectivity index (χ0) is 19.2. The lowest BCUT2D eigenvalue weighted by Gasteiger charge is -2.38. The van der Waals surface area contributed by atoms with Gasteiger partial charge in [0.25, 0.3) is 0 Å². The van der Waals surface area contributed by atoms with Gasteiger partial charge in [0.15, 0.2) is 0 Å². The van der Waals surface area contributed by atoms with E-state index in [1.54, 1.807) is 13.0 Å². The minimum atomic E-state index is -0.247. The van der Waals surface area contributed by atoms with Crippen LogP contribution in [0, 0.1) is 12.7 Å². The number of likely N-dealkylation sites (tertiary alicyclic amines) is 1. The van der Waals surface area contributed by atoms with E-state index in [-0.39, 0.29) is 17.8 Å². The monoisotopic (exact) mass is 368 g/mol. The Kier molecular flexibility index (Phi) is 6.62. The predicted octanol–water partition coefficient (Wildman–Crippen LogP) is 4.93. The van der Waals surface area contributed by atoms with E-state index in [1.165, 1.54) is 11.6 Å². The summed E-state index contributed by atoms with van der Waals surface area (Å²) >= 11 is 0. The molecule has 0 atom stereocenters. The number of amides is 1. The summed E-state index contributed by atoms with van der Waals surface area (Å²) in [5, 5.41) is 0. The summed E-state index contributed by atoms with van der Waals surface area (Å²) in [5.74, 6) is -0.148. The number of hydrogen-bond acceptors (Lipinski definition) is 2. The number of hydrogen-bond donors (Lipinski definition) is 0. The molecule has 0 unspecified atom stereocenters. The number of carbonyl (C=O) groups excluding carboxylic acids is 1. The van der Waals surface area contributed by atoms with Gasteiger partial charge >= 0.3 is 0 Å². The number of carbonyl (C=O) groups is 1. The van der Waals surface area contributed by atoms with Gasteiger partial charge in [0, 0.05) is 37.8 Å². The zero-order valence-electron chi connectivity index (χ0n) is 16.3. The minimum Gasteiger partial charge on any atom is -0.309 e. The molecule has 0 saturated carbocycles. The van der Waals surface area contributed by atoms with Crippen LogP contribution in [0.3, 0.4) is 0 Å². The van der Waals surface area contributed by atoms with Crippen molar-refractivity contribution in [2.24, 2.45) is 0 Å². The Bertz CT molecular complexity index is 754. The second-order valence-corrected chi connectivity index (χ2v) is 7.44. The molecule has 3 nitrogen and oxygen atoms in total. The molecule has 1 amide bonds. The Morgan fingerprint density at radius 1 is 1.15 bits per heavy atom. The maximum absolute atomic E-state index is 14.1. The average Bonchev–Trinajstić information content (AvgIpc) is 2.67. The summed E-state index contributed by atoms with van der Waals surface area (Å²) in [6.45, 7) is 6.59. The molecule has 0 aromatic heterocycles. The molecule has 27 heavy (non-hydrogen) atoms. The van der Waals surface area contributed by atoms with Crippen LogP contribution in [-0.4, -0.2) is 29.9 Å². The largest absolute Gasteiger partial charge is 0.309 e. The number of piperidine rings is 1. The molecule has 1 aliphatic heterocycles. The Morgan fingerprint density at radius 2 is 1.85 bits per heavy atom. The highest BCUT2D eigenvalue weighted by Gasteiger charge is 2.29. The molecule has 0 bridgehead atoms. The van der Waals surface area contributed by atoms with Crippen molar-refractivity contribution in [2.45, 2.75) is 52.1 Å². The van der Waals surface area contributed by atoms with Crippen molar-refractivity contribution in [3.63, 3.8) is 0 Å². The first-order valence-electron chi connectivity index (χ1n) is 9.93. The number of rotatable bonds is 6. The lowest BCUT2D eigenvalue weighted by molar-refractivity contribution is -0.119. The Labute approximate surface area is 161 Å². The lowest BCUT2D eigenvalue weighted by Crippen LogP contribution is -2.47. The molecule has 1 saturated heterocycles. The third-order valence-corrected chi connectivity index (χ3v) is 5.34. The summed E-state index contributed by atoms with van der Waals surface area (Å²) in [6, 6.07) is 15.8. The summed E-state index contributed by atoms with van der Waals surface area (Å²) in [6.07, 6.45) is 3.13. The molecule has 1 fully saturated rings. The van der Waals surface area contributed by atoms with Crippen molar-refractivity contribution in [2.75, 3.05) is 18.0 Å². The van der Waals surface area contributed by atoms with Gasteiger partial charge in [-0.05, 0) is 49.4 Å². The van der Waals surface area contributed by atoms with Crippen LogP contribution in [0.15, 0.2) is 48.5 Å². The minimum absolute atomic E-state index is 0.0993. The van der Waals surface area contributed by atoms with E-state index in [0.29, 0.717) is 17.7 Å². The maximum atomic E-state index is 14.1. The Hall–Kier alpha value is -2.20. The summed E-state index contributed by atoms with van der Waals surface area (Å²) in [7, 11) is 0. The van der Waals surface area contributed by atoms with Crippen molar-refractivity contribution >= 4 is 11.6 Å². The molecule has 2 aromatic rings. The molecule has 0 radical (unpaired) electrons. The smallest absolute Gasteiger partial charge is 0.227 e. The molecular weight excluding hydrogens is 339 g/mol. The van der Waals surface area contributed by atoms with E-state index in [9.17, 15) is 9.18 Å². The number of benzene rings is 2. The van der Waals surface area contributed by atoms with Gasteiger partial charge in [-0.15, -0.1) is 0 Å². The highest BCUT2D eigenvalue weighted by atomic mass is 19.1. The van der Waals surface area contributed by atoms with E-state index < -0.39 is 0 Å². The fraction of sp³-hybridized carbons (Fsp3) is 0.435. The first kappa shape index (κ1) is 19.6. The van der Waals surface area contributed by atoms with E-state index in [0.717, 1.165) is 38.9 Å². The molecule has 4 heteroatoms. The van der Waals surface area contributed by atoms with Gasteiger partial charge < -0.3 is 4.90 Å². The Balaban J connectivity index is 1.70. The lowest BCUT2D eigenvalue weighted by atomic mass is 10.0. The fourth-order valence-corrected chi connectivity index (χ4v) is 3.80. The molecular formula is C23H29FN2O. The first-order chi connectivity index (χ1) is 13.1. The third-order valence-electron chi connectivity index (χ3n) is 5.34. The van der Waals surface area contributed by atoms with Crippen molar-refractivity contribution in [1.29, 1.82) is 0 Å². The van der Waals surface area contributed by atoms with E-state index >= 15 is 0 Å². The van der Waals surface area contributed by atoms with Crippen LogP contribution in [0.5, 0.6) is 0 Å². The third kappa shape index (κ3) is 4.95. The highest BCUT2D eigenvalue weighted by Crippen LogP contribution is 2.27. The van der Waals surface area contributed by atoms with Gasteiger partial charge in [-0.1, -0.05) is 43.3 Å². The molecule has 0 N–H and O–H groups in total. The van der Waals surface area contributed by atoms with Crippen molar-refractivity contribution in [3.05, 3.63) is 65.5 Å². The standard InChI is InChI=1S/C23H29FN2O/c1-3-7-23(27)26(21-11-10-18(2)22(24)16-21)20-12-14-25(15-13-20)17-19-8-5-4-6-9-19/h4-6,8-11,16,20H,3,7,12-15,17H2,1-2H3. The van der Waals surface area contributed by atoms with Crippen LogP contribution < -0.4 is 4.90 Å². The zero-order valence-corrected chi connectivity index (χ0v) is 16.3. The van der Waals surface area contributed by atoms with Crippen molar-refractivity contribution in [1.82, 2.24) is 4.90 Å². The number of nitrogens with zero attached hydrogens (tertiary/aromatic N) is 2. The quantitative estimate of drug-likeness (QED) is 0.722. The van der Waals surface area contributed by atoms with Gasteiger partial charge in [0.1, 0.15) is 5.82 Å². The van der Waals surface area contributed by atoms with Gasteiger partial charge in [-0.2, -0.15) is 0 Å². The maximum Gasteiger partial charge on any atom is 0.227 e. The van der Waals surface area contributed by atoms with E-state index in [4.69, 9.17) is 0 Å². The van der Waals surface area contributed by atoms with Gasteiger partial charge in [0.2, 0.25) is 5.91 Å². The molecule has 0 aliphatic carbocycles. The molecule has 2 aromatic carbocycles. The number of halogens is 1. The highest BCUT2D eigenvalue weighted by molar-refractivity contribution is 5.94. The van der Waals surface area contributed by atoms with Gasteiger partial charge in [0.05, 0.1) is 0 Å². The fourth-order valence-electron chi connectivity index (χ4n) is 3.80. The molecule has 1 heterocycles. The van der Waals surface area contributed by atoms with Crippen molar-refractivity contribution in [3.8, 4) is 0 Å². The topological polar surface area (TPSA) is 23.6 Å². The predicted molar refractivity (Wildman–Crippen MR) is 108 cm³/mol. The normalized spacial score (nSPS) is 15.7. The van der Waals surface area contributed by atoms with Crippen LogP contribution in [0.25, 0.3) is 0 Å². The van der Waals surface area contributed by atoms with Gasteiger partial charge in [-0.3, -0.25) is 9.69 Å². The van der Waals surface area contributed by atoms with Crippen LogP contribution in [0.1, 0.15) is 43.7 Å². The van der Waals surface area contributed by atoms with Crippen LogP contribution in [-0.2, 0) is 11.3 Å². The second kappa shape index (κ2) is 9.14. The van der Waals surface area contributed by atoms with Crippen LogP contribution in [0.2, 0.25) is 0 Å².